The third-order valence-corrected chi connectivity index (χ3v) is 6.18. The van der Waals surface area contributed by atoms with E-state index in [-0.39, 0.29) is 23.7 Å². The molecule has 0 spiro atoms. The summed E-state index contributed by atoms with van der Waals surface area (Å²) in [4.78, 5) is 40.0. The second-order valence-corrected chi connectivity index (χ2v) is 8.19. The number of Topliss-reactive ketones (excluding diaryl/α,β-unsaturated/α-hetero) is 1. The number of amides is 1. The third kappa shape index (κ3) is 3.61. The van der Waals surface area contributed by atoms with Crippen LogP contribution in [0.5, 0.6) is 0 Å². The maximum Gasteiger partial charge on any atom is 0.250 e. The molecule has 2 fully saturated rings. The molecule has 1 N–H and O–H groups in total. The van der Waals surface area contributed by atoms with Gasteiger partial charge in [-0.15, -0.1) is 0 Å². The molecule has 2 saturated heterocycles. The van der Waals surface area contributed by atoms with Crippen LogP contribution in [-0.2, 0) is 16.1 Å². The molecule has 1 aromatic heterocycles. The van der Waals surface area contributed by atoms with E-state index in [0.29, 0.717) is 18.4 Å². The van der Waals surface area contributed by atoms with Gasteiger partial charge in [0.25, 0.3) is 5.56 Å². The molecular weight excluding hydrogens is 330 g/mol. The Labute approximate surface area is 153 Å². The minimum atomic E-state index is 0.00296. The van der Waals surface area contributed by atoms with E-state index in [2.05, 4.69) is 0 Å². The molecule has 6 heteroatoms. The second-order valence-electron chi connectivity index (χ2n) is 8.19. The van der Waals surface area contributed by atoms with Gasteiger partial charge in [0.2, 0.25) is 5.91 Å². The average Bonchev–Trinajstić information content (AvgIpc) is 2.63. The fraction of sp³-hybridized carbons (Fsp3) is 0.650. The van der Waals surface area contributed by atoms with Crippen molar-refractivity contribution in [3.05, 3.63) is 34.2 Å². The van der Waals surface area contributed by atoms with E-state index < -0.39 is 0 Å². The number of piperidine rings is 2. The first-order valence-corrected chi connectivity index (χ1v) is 9.93. The number of hydrogen-bond acceptors (Lipinski definition) is 3. The van der Waals surface area contributed by atoms with Gasteiger partial charge in [-0.3, -0.25) is 14.4 Å². The van der Waals surface area contributed by atoms with E-state index in [4.69, 9.17) is 0 Å². The van der Waals surface area contributed by atoms with Gasteiger partial charge in [0.05, 0.1) is 19.5 Å². The fourth-order valence-corrected chi connectivity index (χ4v) is 5.03. The summed E-state index contributed by atoms with van der Waals surface area (Å²) in [6.45, 7) is 4.60. The number of carbonyl (C=O) groups is 2. The minimum Gasteiger partial charge on any atom is -0.342 e. The maximum absolute atomic E-state index is 12.5. The molecule has 0 radical (unpaired) electrons. The Morgan fingerprint density at radius 1 is 1.12 bits per heavy atom. The van der Waals surface area contributed by atoms with Crippen LogP contribution in [0.4, 0.5) is 0 Å². The zero-order valence-electron chi connectivity index (χ0n) is 15.3. The molecule has 0 aromatic carbocycles. The van der Waals surface area contributed by atoms with Gasteiger partial charge in [-0.25, -0.2) is 0 Å². The molecule has 0 aliphatic carbocycles. The van der Waals surface area contributed by atoms with Crippen molar-refractivity contribution in [2.75, 3.05) is 32.7 Å². The Hall–Kier alpha value is -1.95. The first-order chi connectivity index (χ1) is 12.6. The SMILES string of the molecule is O=C(CC(=O)N1CCCCC1)C[NH+]1C[C@@H]2C[C@H](C1)c1cccc(=O)n1C2. The largest absolute Gasteiger partial charge is 0.342 e. The Morgan fingerprint density at radius 2 is 1.92 bits per heavy atom. The third-order valence-electron chi connectivity index (χ3n) is 6.18. The number of rotatable bonds is 4. The molecule has 2 bridgehead atoms. The van der Waals surface area contributed by atoms with E-state index in [0.717, 1.165) is 57.7 Å². The van der Waals surface area contributed by atoms with Crippen molar-refractivity contribution in [2.45, 2.75) is 44.6 Å². The summed E-state index contributed by atoms with van der Waals surface area (Å²) in [5.74, 6) is 0.850. The standard InChI is InChI=1S/C20H27N3O3/c24-17(10-20(26)22-7-2-1-3-8-22)14-21-11-15-9-16(13-21)18-5-4-6-19(25)23(18)12-15/h4-6,15-16H,1-3,7-14H2/p+1/t15-,16+/m0/s1. The Balaban J connectivity index is 1.36. The lowest BCUT2D eigenvalue weighted by Crippen LogP contribution is -3.15. The lowest BCUT2D eigenvalue weighted by molar-refractivity contribution is -0.903. The number of nitrogens with zero attached hydrogens (tertiary/aromatic N) is 2. The predicted molar refractivity (Wildman–Crippen MR) is 97.2 cm³/mol. The Bertz CT molecular complexity index is 751. The molecule has 1 unspecified atom stereocenters. The van der Waals surface area contributed by atoms with Gasteiger partial charge < -0.3 is 14.4 Å². The van der Waals surface area contributed by atoms with Crippen LogP contribution in [0.25, 0.3) is 0 Å². The van der Waals surface area contributed by atoms with Crippen LogP contribution in [0.15, 0.2) is 23.0 Å². The molecule has 140 valence electrons. The number of quaternary nitrogens is 1. The Morgan fingerprint density at radius 3 is 2.73 bits per heavy atom. The molecular formula is C20H28N3O3+. The van der Waals surface area contributed by atoms with Gasteiger partial charge in [0, 0.05) is 43.2 Å². The van der Waals surface area contributed by atoms with Crippen molar-refractivity contribution in [1.29, 1.82) is 0 Å². The molecule has 1 amide bonds. The summed E-state index contributed by atoms with van der Waals surface area (Å²) in [6, 6.07) is 5.52. The van der Waals surface area contributed by atoms with Crippen LogP contribution in [0.3, 0.4) is 0 Å². The highest BCUT2D eigenvalue weighted by atomic mass is 16.2. The molecule has 1 aromatic rings. The van der Waals surface area contributed by atoms with Crippen LogP contribution in [0.2, 0.25) is 0 Å². The second kappa shape index (κ2) is 7.35. The molecule has 3 aliphatic rings. The number of aromatic nitrogens is 1. The Kier molecular flexibility index (Phi) is 4.94. The number of ketones is 1. The molecule has 6 nitrogen and oxygen atoms in total. The molecule has 26 heavy (non-hydrogen) atoms. The van der Waals surface area contributed by atoms with Crippen LogP contribution < -0.4 is 10.5 Å². The summed E-state index contributed by atoms with van der Waals surface area (Å²) < 4.78 is 1.91. The van der Waals surface area contributed by atoms with E-state index in [9.17, 15) is 14.4 Å². The lowest BCUT2D eigenvalue weighted by Gasteiger charge is -2.40. The maximum atomic E-state index is 12.5. The highest BCUT2D eigenvalue weighted by molar-refractivity contribution is 5.98. The summed E-state index contributed by atoms with van der Waals surface area (Å²) in [5.41, 5.74) is 1.20. The average molecular weight is 358 g/mol. The highest BCUT2D eigenvalue weighted by Gasteiger charge is 2.37. The number of pyridine rings is 1. The summed E-state index contributed by atoms with van der Waals surface area (Å²) in [7, 11) is 0. The van der Waals surface area contributed by atoms with Gasteiger partial charge in [0.15, 0.2) is 5.78 Å². The zero-order valence-corrected chi connectivity index (χ0v) is 15.3. The number of nitrogens with one attached hydrogen (secondary N) is 1. The van der Waals surface area contributed by atoms with Crippen LogP contribution >= 0.6 is 0 Å². The van der Waals surface area contributed by atoms with E-state index >= 15 is 0 Å². The van der Waals surface area contributed by atoms with Gasteiger partial charge in [-0.05, 0) is 31.7 Å². The molecule has 4 heterocycles. The monoisotopic (exact) mass is 358 g/mol. The lowest BCUT2D eigenvalue weighted by atomic mass is 9.83. The normalized spacial score (nSPS) is 27.7. The van der Waals surface area contributed by atoms with Gasteiger partial charge >= 0.3 is 0 Å². The van der Waals surface area contributed by atoms with Crippen molar-refractivity contribution >= 4 is 11.7 Å². The van der Waals surface area contributed by atoms with Crippen molar-refractivity contribution in [3.8, 4) is 0 Å². The van der Waals surface area contributed by atoms with Gasteiger partial charge in [0.1, 0.15) is 6.54 Å². The molecule has 3 aliphatic heterocycles. The van der Waals surface area contributed by atoms with Gasteiger partial charge in [-0.1, -0.05) is 6.07 Å². The number of hydrogen-bond donors (Lipinski definition) is 1. The topological polar surface area (TPSA) is 63.8 Å². The number of likely N-dealkylation sites (tertiary alicyclic amines) is 2. The zero-order chi connectivity index (χ0) is 18.1. The van der Waals surface area contributed by atoms with Crippen LogP contribution in [-0.4, -0.2) is 53.9 Å². The minimum absolute atomic E-state index is 0.00296. The van der Waals surface area contributed by atoms with E-state index in [1.807, 2.05) is 21.6 Å². The predicted octanol–water partition coefficient (Wildman–Crippen LogP) is -0.178. The highest BCUT2D eigenvalue weighted by Crippen LogP contribution is 2.29. The van der Waals surface area contributed by atoms with Crippen LogP contribution in [0, 0.1) is 5.92 Å². The van der Waals surface area contributed by atoms with Gasteiger partial charge in [-0.2, -0.15) is 0 Å². The first kappa shape index (κ1) is 17.5. The number of carbonyl (C=O) groups excluding carboxylic acids is 2. The molecule has 3 atom stereocenters. The van der Waals surface area contributed by atoms with Crippen molar-refractivity contribution in [2.24, 2.45) is 5.92 Å². The van der Waals surface area contributed by atoms with Crippen molar-refractivity contribution in [1.82, 2.24) is 9.47 Å². The molecule has 4 rings (SSSR count). The smallest absolute Gasteiger partial charge is 0.250 e. The van der Waals surface area contributed by atoms with Crippen molar-refractivity contribution < 1.29 is 14.5 Å². The summed E-state index contributed by atoms with van der Waals surface area (Å²) in [5, 5.41) is 0. The van der Waals surface area contributed by atoms with E-state index in [1.54, 1.807) is 6.07 Å². The first-order valence-electron chi connectivity index (χ1n) is 9.93. The quantitative estimate of drug-likeness (QED) is 0.760. The number of fused-ring (bicyclic) bond motifs is 4. The van der Waals surface area contributed by atoms with Crippen LogP contribution in [0.1, 0.15) is 43.7 Å². The summed E-state index contributed by atoms with van der Waals surface area (Å²) >= 11 is 0. The fourth-order valence-electron chi connectivity index (χ4n) is 5.03. The summed E-state index contributed by atoms with van der Waals surface area (Å²) in [6.07, 6.45) is 4.45. The van der Waals surface area contributed by atoms with E-state index in [1.165, 1.54) is 11.3 Å². The molecule has 0 saturated carbocycles. The van der Waals surface area contributed by atoms with Crippen molar-refractivity contribution in [3.63, 3.8) is 0 Å².